The number of oxazole rings is 1. The molecule has 0 atom stereocenters. The fourth-order valence-electron chi connectivity index (χ4n) is 9.53. The molecule has 0 N–H and O–H groups in total. The molecule has 9 aromatic carbocycles. The van der Waals surface area contributed by atoms with E-state index in [1.54, 1.807) is 0 Å². The van der Waals surface area contributed by atoms with Gasteiger partial charge in [0.05, 0.1) is 11.3 Å². The van der Waals surface area contributed by atoms with Gasteiger partial charge in [-0.05, 0) is 105 Å². The Morgan fingerprint density at radius 1 is 0.450 bits per heavy atom. The number of rotatable bonds is 6. The minimum absolute atomic E-state index is 0.0932. The van der Waals surface area contributed by atoms with Crippen LogP contribution in [0.2, 0.25) is 0 Å². The monoisotopic (exact) mass is 770 g/mol. The Balaban J connectivity index is 1.06. The van der Waals surface area contributed by atoms with Gasteiger partial charge >= 0.3 is 0 Å². The van der Waals surface area contributed by atoms with Crippen LogP contribution < -0.4 is 4.90 Å². The zero-order valence-corrected chi connectivity index (χ0v) is 33.2. The highest BCUT2D eigenvalue weighted by atomic mass is 16.4. The maximum atomic E-state index is 6.66. The molecular formula is C56H38N2O2. The third-order valence-electron chi connectivity index (χ3n) is 12.5. The van der Waals surface area contributed by atoms with E-state index in [4.69, 9.17) is 13.8 Å². The Morgan fingerprint density at radius 3 is 2.00 bits per heavy atom. The molecule has 12 rings (SSSR count). The van der Waals surface area contributed by atoms with Crippen LogP contribution in [0.15, 0.2) is 203 Å². The highest BCUT2D eigenvalue weighted by molar-refractivity contribution is 6.16. The largest absolute Gasteiger partial charge is 0.455 e. The van der Waals surface area contributed by atoms with Crippen molar-refractivity contribution in [3.63, 3.8) is 0 Å². The summed E-state index contributed by atoms with van der Waals surface area (Å²) in [7, 11) is 0. The first kappa shape index (κ1) is 34.4. The van der Waals surface area contributed by atoms with Crippen molar-refractivity contribution in [2.45, 2.75) is 19.3 Å². The highest BCUT2D eigenvalue weighted by Gasteiger charge is 2.35. The van der Waals surface area contributed by atoms with Gasteiger partial charge in [-0.3, -0.25) is 0 Å². The van der Waals surface area contributed by atoms with E-state index in [1.807, 2.05) is 42.5 Å². The van der Waals surface area contributed by atoms with E-state index in [1.165, 1.54) is 33.0 Å². The SMILES string of the molecule is CC1(C)c2ccccc2-c2cc(N(c3ccc(-c4c5oc(-c6ccccc6)nc5cc5c4oc4ccccc45)cc3)c3ccccc3-c3ccc4ccccc4c3)ccc21. The van der Waals surface area contributed by atoms with Gasteiger partial charge in [0, 0.05) is 38.7 Å². The maximum absolute atomic E-state index is 6.66. The first-order valence-corrected chi connectivity index (χ1v) is 20.5. The lowest BCUT2D eigenvalue weighted by molar-refractivity contribution is 0.619. The summed E-state index contributed by atoms with van der Waals surface area (Å²) < 4.78 is 13.3. The Hall–Kier alpha value is -7.69. The molecule has 2 aromatic heterocycles. The Morgan fingerprint density at radius 2 is 1.13 bits per heavy atom. The molecule has 0 aliphatic heterocycles. The second kappa shape index (κ2) is 13.2. The van der Waals surface area contributed by atoms with Crippen molar-refractivity contribution in [2.75, 3.05) is 4.90 Å². The smallest absolute Gasteiger partial charge is 0.227 e. The van der Waals surface area contributed by atoms with Gasteiger partial charge in [-0.2, -0.15) is 0 Å². The van der Waals surface area contributed by atoms with Gasteiger partial charge in [0.15, 0.2) is 5.58 Å². The Bertz CT molecular complexity index is 3460. The van der Waals surface area contributed by atoms with E-state index in [2.05, 4.69) is 170 Å². The van der Waals surface area contributed by atoms with Gasteiger partial charge in [0.1, 0.15) is 16.7 Å². The number of nitrogens with zero attached hydrogens (tertiary/aromatic N) is 2. The topological polar surface area (TPSA) is 42.4 Å². The van der Waals surface area contributed by atoms with Crippen LogP contribution in [0, 0.1) is 0 Å². The van der Waals surface area contributed by atoms with Gasteiger partial charge in [-0.1, -0.05) is 147 Å². The van der Waals surface area contributed by atoms with Crippen molar-refractivity contribution in [3.05, 3.63) is 205 Å². The predicted octanol–water partition coefficient (Wildman–Crippen LogP) is 15.7. The number of benzene rings is 9. The second-order valence-electron chi connectivity index (χ2n) is 16.3. The second-order valence-corrected chi connectivity index (χ2v) is 16.3. The quantitative estimate of drug-likeness (QED) is 0.169. The lowest BCUT2D eigenvalue weighted by Crippen LogP contribution is -2.15. The lowest BCUT2D eigenvalue weighted by Gasteiger charge is -2.29. The van der Waals surface area contributed by atoms with Crippen molar-refractivity contribution in [1.29, 1.82) is 0 Å². The van der Waals surface area contributed by atoms with Gasteiger partial charge < -0.3 is 13.7 Å². The average molecular weight is 771 g/mol. The third-order valence-corrected chi connectivity index (χ3v) is 12.5. The Labute approximate surface area is 347 Å². The fourth-order valence-corrected chi connectivity index (χ4v) is 9.53. The molecule has 0 spiro atoms. The molecule has 0 radical (unpaired) electrons. The van der Waals surface area contributed by atoms with Crippen molar-refractivity contribution in [2.24, 2.45) is 0 Å². The predicted molar refractivity (Wildman–Crippen MR) is 247 cm³/mol. The van der Waals surface area contributed by atoms with E-state index in [0.717, 1.165) is 72.3 Å². The van der Waals surface area contributed by atoms with Gasteiger partial charge in [0.2, 0.25) is 5.89 Å². The molecular weight excluding hydrogens is 733 g/mol. The molecule has 0 bridgehead atoms. The van der Waals surface area contributed by atoms with Crippen LogP contribution in [0.4, 0.5) is 17.1 Å². The van der Waals surface area contributed by atoms with Crippen LogP contribution in [0.5, 0.6) is 0 Å². The first-order valence-electron chi connectivity index (χ1n) is 20.5. The van der Waals surface area contributed by atoms with Gasteiger partial charge in [-0.15, -0.1) is 0 Å². The number of fused-ring (bicyclic) bond motifs is 8. The molecule has 60 heavy (non-hydrogen) atoms. The summed E-state index contributed by atoms with van der Waals surface area (Å²) in [6, 6.07) is 69.1. The molecule has 1 aliphatic rings. The zero-order chi connectivity index (χ0) is 40.0. The lowest BCUT2D eigenvalue weighted by atomic mass is 9.82. The minimum Gasteiger partial charge on any atom is -0.455 e. The summed E-state index contributed by atoms with van der Waals surface area (Å²) in [6.07, 6.45) is 0. The number of para-hydroxylation sites is 2. The summed E-state index contributed by atoms with van der Waals surface area (Å²) in [5.74, 6) is 0.582. The van der Waals surface area contributed by atoms with Crippen LogP contribution in [0.3, 0.4) is 0 Å². The van der Waals surface area contributed by atoms with E-state index >= 15 is 0 Å². The van der Waals surface area contributed by atoms with E-state index in [9.17, 15) is 0 Å². The van der Waals surface area contributed by atoms with Crippen molar-refractivity contribution < 1.29 is 8.83 Å². The molecule has 0 amide bonds. The molecule has 1 aliphatic carbocycles. The summed E-state index contributed by atoms with van der Waals surface area (Å²) in [5.41, 5.74) is 16.6. The third kappa shape index (κ3) is 5.27. The van der Waals surface area contributed by atoms with E-state index in [0.29, 0.717) is 11.5 Å². The average Bonchev–Trinajstić information content (AvgIpc) is 3.96. The molecule has 11 aromatic rings. The standard InChI is InChI=1S/C56H38N2O2/c1-56(2)47-21-11-8-19-43(47)45-33-41(30-31-48(45)56)58(50-22-12-9-18-42(50)39-25-24-35-14-6-7-17-38(35)32-39)40-28-26-36(27-29-40)52-53-46(44-20-10-13-23-51(44)59-53)34-49-54(52)60-55(57-49)37-15-4-3-5-16-37/h3-34H,1-2H3. The maximum Gasteiger partial charge on any atom is 0.227 e. The molecule has 4 heteroatoms. The fraction of sp³-hybridized carbons (Fsp3) is 0.0536. The number of aromatic nitrogens is 1. The number of hydrogen-bond acceptors (Lipinski definition) is 4. The molecule has 284 valence electrons. The number of hydrogen-bond donors (Lipinski definition) is 0. The van der Waals surface area contributed by atoms with Gasteiger partial charge in [-0.25, -0.2) is 4.98 Å². The van der Waals surface area contributed by atoms with E-state index in [-0.39, 0.29) is 5.41 Å². The minimum atomic E-state index is -0.0932. The molecule has 2 heterocycles. The Kier molecular flexibility index (Phi) is 7.54. The van der Waals surface area contributed by atoms with Crippen molar-refractivity contribution in [1.82, 2.24) is 4.98 Å². The van der Waals surface area contributed by atoms with Crippen LogP contribution >= 0.6 is 0 Å². The number of furan rings is 1. The van der Waals surface area contributed by atoms with Crippen LogP contribution in [-0.4, -0.2) is 4.98 Å². The summed E-state index contributed by atoms with van der Waals surface area (Å²) in [5, 5.41) is 4.50. The molecule has 4 nitrogen and oxygen atoms in total. The van der Waals surface area contributed by atoms with Crippen LogP contribution in [-0.2, 0) is 5.41 Å². The summed E-state index contributed by atoms with van der Waals surface area (Å²) in [6.45, 7) is 4.67. The molecule has 0 fully saturated rings. The zero-order valence-electron chi connectivity index (χ0n) is 33.2. The highest BCUT2D eigenvalue weighted by Crippen LogP contribution is 2.52. The van der Waals surface area contributed by atoms with Crippen LogP contribution in [0.25, 0.3) is 88.6 Å². The summed E-state index contributed by atoms with van der Waals surface area (Å²) >= 11 is 0. The molecule has 0 saturated heterocycles. The first-order chi connectivity index (χ1) is 29.5. The van der Waals surface area contributed by atoms with Gasteiger partial charge in [0.25, 0.3) is 0 Å². The number of anilines is 3. The summed E-state index contributed by atoms with van der Waals surface area (Å²) in [4.78, 5) is 7.43. The molecule has 0 saturated carbocycles. The van der Waals surface area contributed by atoms with E-state index < -0.39 is 0 Å². The molecule has 0 unspecified atom stereocenters. The van der Waals surface area contributed by atoms with Crippen molar-refractivity contribution >= 4 is 60.9 Å². The normalized spacial score (nSPS) is 13.0. The van der Waals surface area contributed by atoms with Crippen molar-refractivity contribution in [3.8, 4) is 44.8 Å². The van der Waals surface area contributed by atoms with Crippen LogP contribution in [0.1, 0.15) is 25.0 Å².